The maximum absolute atomic E-state index is 13.6. The van der Waals surface area contributed by atoms with Crippen LogP contribution in [0.15, 0.2) is 78.9 Å². The van der Waals surface area contributed by atoms with E-state index in [1.54, 1.807) is 17.0 Å². The fourth-order valence-corrected chi connectivity index (χ4v) is 3.86. The van der Waals surface area contributed by atoms with Gasteiger partial charge in [-0.15, -0.1) is 0 Å². The van der Waals surface area contributed by atoms with Crippen LogP contribution < -0.4 is 5.32 Å². The van der Waals surface area contributed by atoms with Gasteiger partial charge in [0, 0.05) is 24.5 Å². The minimum absolute atomic E-state index is 0.0854. The number of hydrogen-bond donors (Lipinski definition) is 1. The van der Waals surface area contributed by atoms with Crippen molar-refractivity contribution in [2.75, 3.05) is 6.54 Å². The molecule has 3 rings (SSSR count). The van der Waals surface area contributed by atoms with Crippen LogP contribution in [0.3, 0.4) is 0 Å². The molecule has 0 saturated carbocycles. The first-order valence-corrected chi connectivity index (χ1v) is 11.2. The van der Waals surface area contributed by atoms with Crippen molar-refractivity contribution in [3.63, 3.8) is 0 Å². The van der Waals surface area contributed by atoms with Gasteiger partial charge in [-0.1, -0.05) is 83.9 Å². The SMILES string of the molecule is CCNC(=O)[C@@H](Cc1ccccc1)N(Cc1ccc(Cl)cc1)C(=O)Cc1cccc(C)c1. The van der Waals surface area contributed by atoms with Crippen molar-refractivity contribution in [2.24, 2.45) is 0 Å². The van der Waals surface area contributed by atoms with E-state index in [0.717, 1.165) is 22.3 Å². The molecule has 2 amide bonds. The lowest BCUT2D eigenvalue weighted by molar-refractivity contribution is -0.140. The molecular formula is C27H29ClN2O2. The van der Waals surface area contributed by atoms with Gasteiger partial charge in [-0.3, -0.25) is 9.59 Å². The van der Waals surface area contributed by atoms with E-state index in [-0.39, 0.29) is 18.2 Å². The number of amides is 2. The summed E-state index contributed by atoms with van der Waals surface area (Å²) in [4.78, 5) is 28.4. The Morgan fingerprint density at radius 1 is 0.906 bits per heavy atom. The molecule has 0 saturated heterocycles. The molecule has 0 aliphatic rings. The molecule has 1 N–H and O–H groups in total. The predicted octanol–water partition coefficient (Wildman–Crippen LogP) is 4.97. The van der Waals surface area contributed by atoms with Crippen LogP contribution >= 0.6 is 11.6 Å². The average molecular weight is 449 g/mol. The number of benzene rings is 3. The first kappa shape index (κ1) is 23.6. The molecule has 4 nitrogen and oxygen atoms in total. The van der Waals surface area contributed by atoms with E-state index in [9.17, 15) is 9.59 Å². The van der Waals surface area contributed by atoms with E-state index in [1.807, 2.05) is 80.6 Å². The van der Waals surface area contributed by atoms with Crippen LogP contribution in [0.2, 0.25) is 5.02 Å². The third-order valence-electron chi connectivity index (χ3n) is 5.33. The highest BCUT2D eigenvalue weighted by atomic mass is 35.5. The Morgan fingerprint density at radius 3 is 2.25 bits per heavy atom. The molecule has 1 atom stereocenters. The number of likely N-dealkylation sites (N-methyl/N-ethyl adjacent to an activating group) is 1. The lowest BCUT2D eigenvalue weighted by Gasteiger charge is -2.31. The summed E-state index contributed by atoms with van der Waals surface area (Å²) in [6.07, 6.45) is 0.680. The van der Waals surface area contributed by atoms with E-state index in [1.165, 1.54) is 0 Å². The van der Waals surface area contributed by atoms with Crippen LogP contribution in [0.5, 0.6) is 0 Å². The van der Waals surface area contributed by atoms with Gasteiger partial charge in [0.05, 0.1) is 6.42 Å². The van der Waals surface area contributed by atoms with Crippen LogP contribution in [0.1, 0.15) is 29.2 Å². The van der Waals surface area contributed by atoms with Crippen LogP contribution in [0.25, 0.3) is 0 Å². The fourth-order valence-electron chi connectivity index (χ4n) is 3.73. The second-order valence-electron chi connectivity index (χ2n) is 7.91. The molecule has 3 aromatic carbocycles. The van der Waals surface area contributed by atoms with Gasteiger partial charge in [0.25, 0.3) is 0 Å². The van der Waals surface area contributed by atoms with Crippen molar-refractivity contribution < 1.29 is 9.59 Å². The van der Waals surface area contributed by atoms with Crippen molar-refractivity contribution >= 4 is 23.4 Å². The van der Waals surface area contributed by atoms with Gasteiger partial charge in [-0.25, -0.2) is 0 Å². The summed E-state index contributed by atoms with van der Waals surface area (Å²) < 4.78 is 0. The lowest BCUT2D eigenvalue weighted by Crippen LogP contribution is -2.50. The number of carbonyl (C=O) groups excluding carboxylic acids is 2. The van der Waals surface area contributed by atoms with Crippen LogP contribution in [-0.4, -0.2) is 29.3 Å². The minimum Gasteiger partial charge on any atom is -0.355 e. The third-order valence-corrected chi connectivity index (χ3v) is 5.58. The Balaban J connectivity index is 1.94. The Bertz CT molecular complexity index is 1040. The number of aryl methyl sites for hydroxylation is 1. The molecule has 0 aliphatic carbocycles. The standard InChI is InChI=1S/C27H29ClN2O2/c1-3-29-27(32)25(17-21-9-5-4-6-10-21)30(19-22-12-14-24(28)15-13-22)26(31)18-23-11-7-8-20(2)16-23/h4-16,25H,3,17-19H2,1-2H3,(H,29,32)/t25-/m1/s1. The summed E-state index contributed by atoms with van der Waals surface area (Å²) in [5.74, 6) is -0.236. The minimum atomic E-state index is -0.620. The Hall–Kier alpha value is -3.11. The monoisotopic (exact) mass is 448 g/mol. The number of carbonyl (C=O) groups is 2. The van der Waals surface area contributed by atoms with Gasteiger partial charge in [0.2, 0.25) is 11.8 Å². The summed E-state index contributed by atoms with van der Waals surface area (Å²) in [7, 11) is 0. The van der Waals surface area contributed by atoms with E-state index in [4.69, 9.17) is 11.6 Å². The molecule has 166 valence electrons. The highest BCUT2D eigenvalue weighted by Crippen LogP contribution is 2.18. The zero-order chi connectivity index (χ0) is 22.9. The highest BCUT2D eigenvalue weighted by molar-refractivity contribution is 6.30. The molecule has 0 spiro atoms. The summed E-state index contributed by atoms with van der Waals surface area (Å²) in [6, 6.07) is 24.5. The first-order chi connectivity index (χ1) is 15.5. The van der Waals surface area contributed by atoms with Crippen molar-refractivity contribution in [3.05, 3.63) is 106 Å². The predicted molar refractivity (Wildman–Crippen MR) is 130 cm³/mol. The maximum atomic E-state index is 13.6. The van der Waals surface area contributed by atoms with Crippen LogP contribution in [0, 0.1) is 6.92 Å². The molecule has 0 aliphatic heterocycles. The largest absolute Gasteiger partial charge is 0.355 e. The van der Waals surface area contributed by atoms with Crippen molar-refractivity contribution in [3.8, 4) is 0 Å². The molecule has 0 heterocycles. The van der Waals surface area contributed by atoms with Gasteiger partial charge in [-0.2, -0.15) is 0 Å². The van der Waals surface area contributed by atoms with Crippen LogP contribution in [-0.2, 0) is 29.0 Å². The normalized spacial score (nSPS) is 11.6. The summed E-state index contributed by atoms with van der Waals surface area (Å²) in [5, 5.41) is 3.55. The molecule has 0 aromatic heterocycles. The number of rotatable bonds is 9. The van der Waals surface area contributed by atoms with Crippen LogP contribution in [0.4, 0.5) is 0 Å². The van der Waals surface area contributed by atoms with E-state index < -0.39 is 6.04 Å². The maximum Gasteiger partial charge on any atom is 0.243 e. The van der Waals surface area contributed by atoms with Gasteiger partial charge in [-0.05, 0) is 42.7 Å². The Labute approximate surface area is 195 Å². The van der Waals surface area contributed by atoms with E-state index in [2.05, 4.69) is 5.32 Å². The van der Waals surface area contributed by atoms with Crippen molar-refractivity contribution in [1.29, 1.82) is 0 Å². The highest BCUT2D eigenvalue weighted by Gasteiger charge is 2.30. The molecule has 5 heteroatoms. The quantitative estimate of drug-likeness (QED) is 0.502. The first-order valence-electron chi connectivity index (χ1n) is 10.9. The average Bonchev–Trinajstić information content (AvgIpc) is 2.78. The number of halogens is 1. The molecule has 32 heavy (non-hydrogen) atoms. The van der Waals surface area contributed by atoms with E-state index >= 15 is 0 Å². The lowest BCUT2D eigenvalue weighted by atomic mass is 10.0. The fraction of sp³-hybridized carbons (Fsp3) is 0.259. The molecular weight excluding hydrogens is 420 g/mol. The van der Waals surface area contributed by atoms with Gasteiger partial charge in [0.1, 0.15) is 6.04 Å². The second kappa shape index (κ2) is 11.5. The molecule has 0 fully saturated rings. The van der Waals surface area contributed by atoms with Gasteiger partial charge >= 0.3 is 0 Å². The molecule has 0 unspecified atom stereocenters. The molecule has 3 aromatic rings. The number of nitrogens with zero attached hydrogens (tertiary/aromatic N) is 1. The summed E-state index contributed by atoms with van der Waals surface area (Å²) in [6.45, 7) is 4.73. The zero-order valence-electron chi connectivity index (χ0n) is 18.6. The summed E-state index contributed by atoms with van der Waals surface area (Å²) in [5.41, 5.74) is 3.97. The smallest absolute Gasteiger partial charge is 0.243 e. The summed E-state index contributed by atoms with van der Waals surface area (Å²) >= 11 is 6.05. The Kier molecular flexibility index (Phi) is 8.46. The van der Waals surface area contributed by atoms with Crippen molar-refractivity contribution in [1.82, 2.24) is 10.2 Å². The van der Waals surface area contributed by atoms with Crippen molar-refractivity contribution in [2.45, 2.75) is 39.3 Å². The number of hydrogen-bond acceptors (Lipinski definition) is 2. The molecule has 0 bridgehead atoms. The molecule has 0 radical (unpaired) electrons. The topological polar surface area (TPSA) is 49.4 Å². The second-order valence-corrected chi connectivity index (χ2v) is 8.35. The third kappa shape index (κ3) is 6.69. The zero-order valence-corrected chi connectivity index (χ0v) is 19.3. The van der Waals surface area contributed by atoms with Gasteiger partial charge in [0.15, 0.2) is 0 Å². The van der Waals surface area contributed by atoms with Gasteiger partial charge < -0.3 is 10.2 Å². The van der Waals surface area contributed by atoms with E-state index in [0.29, 0.717) is 24.5 Å². The number of nitrogens with one attached hydrogen (secondary N) is 1. The Morgan fingerprint density at radius 2 is 1.59 bits per heavy atom.